The van der Waals surface area contributed by atoms with Crippen LogP contribution in [-0.4, -0.2) is 19.6 Å². The van der Waals surface area contributed by atoms with Crippen LogP contribution in [0, 0.1) is 27.7 Å². The van der Waals surface area contributed by atoms with Gasteiger partial charge >= 0.3 is 0 Å². The Kier molecular flexibility index (Phi) is 6.82. The highest BCUT2D eigenvalue weighted by atomic mass is 32.1. The largest absolute Gasteiger partial charge is 0.457 e. The SMILES string of the molecule is Cc1ccc(Oc2ccc(N3C(=S)N[C@H](c4ccccn4)[C@H]3c3cc(C)n(-c4cc(C)ccn4)c3C)cc2)cc1. The maximum Gasteiger partial charge on any atom is 0.174 e. The number of nitrogens with one attached hydrogen (secondary N) is 1. The molecule has 5 aromatic rings. The summed E-state index contributed by atoms with van der Waals surface area (Å²) in [6.45, 7) is 8.43. The summed E-state index contributed by atoms with van der Waals surface area (Å²) in [5, 5.41) is 4.23. The number of nitrogens with zero attached hydrogens (tertiary/aromatic N) is 4. The van der Waals surface area contributed by atoms with Crippen LogP contribution in [0.4, 0.5) is 5.69 Å². The van der Waals surface area contributed by atoms with Gasteiger partial charge in [0.1, 0.15) is 17.3 Å². The fraction of sp³-hybridized carbons (Fsp3) is 0.182. The van der Waals surface area contributed by atoms with E-state index in [1.54, 1.807) is 0 Å². The number of aryl methyl sites for hydroxylation is 3. The predicted molar refractivity (Wildman–Crippen MR) is 163 cm³/mol. The molecule has 200 valence electrons. The van der Waals surface area contributed by atoms with Crippen molar-refractivity contribution in [1.82, 2.24) is 19.9 Å². The lowest BCUT2D eigenvalue weighted by molar-refractivity contribution is 0.482. The molecule has 0 spiro atoms. The number of hydrogen-bond acceptors (Lipinski definition) is 4. The highest BCUT2D eigenvalue weighted by Crippen LogP contribution is 2.44. The van der Waals surface area contributed by atoms with Crippen LogP contribution in [0.3, 0.4) is 0 Å². The summed E-state index contributed by atoms with van der Waals surface area (Å²) in [4.78, 5) is 11.6. The normalized spacial score (nSPS) is 16.7. The smallest absolute Gasteiger partial charge is 0.174 e. The third kappa shape index (κ3) is 4.84. The molecule has 0 bridgehead atoms. The van der Waals surface area contributed by atoms with Crippen molar-refractivity contribution >= 4 is 23.0 Å². The van der Waals surface area contributed by atoms with Crippen molar-refractivity contribution in [2.75, 3.05) is 4.90 Å². The van der Waals surface area contributed by atoms with Gasteiger partial charge in [0.25, 0.3) is 0 Å². The van der Waals surface area contributed by atoms with E-state index in [1.165, 1.54) is 16.7 Å². The van der Waals surface area contributed by atoms with Gasteiger partial charge in [0.05, 0.1) is 17.8 Å². The van der Waals surface area contributed by atoms with Crippen molar-refractivity contribution in [3.63, 3.8) is 0 Å². The molecule has 0 radical (unpaired) electrons. The fourth-order valence-electron chi connectivity index (χ4n) is 5.45. The summed E-state index contributed by atoms with van der Waals surface area (Å²) in [5.74, 6) is 2.49. The highest BCUT2D eigenvalue weighted by Gasteiger charge is 2.42. The van der Waals surface area contributed by atoms with Gasteiger partial charge in [-0.2, -0.15) is 0 Å². The van der Waals surface area contributed by atoms with E-state index in [4.69, 9.17) is 21.9 Å². The molecule has 2 aromatic carbocycles. The molecule has 0 amide bonds. The minimum Gasteiger partial charge on any atom is -0.457 e. The monoisotopic (exact) mass is 545 g/mol. The molecule has 3 aromatic heterocycles. The topological polar surface area (TPSA) is 55.2 Å². The summed E-state index contributed by atoms with van der Waals surface area (Å²) < 4.78 is 8.31. The minimum atomic E-state index is -0.128. The van der Waals surface area contributed by atoms with Crippen LogP contribution in [0.1, 0.15) is 45.9 Å². The summed E-state index contributed by atoms with van der Waals surface area (Å²) in [7, 11) is 0. The summed E-state index contributed by atoms with van der Waals surface area (Å²) in [5.41, 5.74) is 7.70. The molecule has 1 saturated heterocycles. The molecular weight excluding hydrogens is 514 g/mol. The molecule has 1 N–H and O–H groups in total. The second-order valence-electron chi connectivity index (χ2n) is 10.3. The third-order valence-corrected chi connectivity index (χ3v) is 7.70. The second kappa shape index (κ2) is 10.6. The van der Waals surface area contributed by atoms with Crippen LogP contribution in [0.15, 0.2) is 97.3 Å². The Labute approximate surface area is 240 Å². The number of anilines is 1. The van der Waals surface area contributed by atoms with Gasteiger partial charge < -0.3 is 19.5 Å². The van der Waals surface area contributed by atoms with Gasteiger partial charge in [-0.1, -0.05) is 23.8 Å². The molecule has 0 unspecified atom stereocenters. The van der Waals surface area contributed by atoms with Crippen molar-refractivity contribution in [2.24, 2.45) is 0 Å². The van der Waals surface area contributed by atoms with Gasteiger partial charge in [0.2, 0.25) is 0 Å². The Balaban J connectivity index is 1.41. The van der Waals surface area contributed by atoms with E-state index in [0.29, 0.717) is 5.11 Å². The lowest BCUT2D eigenvalue weighted by Crippen LogP contribution is -2.29. The predicted octanol–water partition coefficient (Wildman–Crippen LogP) is 7.47. The number of thiocarbonyl (C=S) groups is 1. The van der Waals surface area contributed by atoms with Gasteiger partial charge in [-0.15, -0.1) is 0 Å². The molecule has 6 rings (SSSR count). The lowest BCUT2D eigenvalue weighted by Gasteiger charge is -2.28. The van der Waals surface area contributed by atoms with Crippen molar-refractivity contribution in [3.8, 4) is 17.3 Å². The molecular formula is C33H31N5OS. The molecule has 0 saturated carbocycles. The number of pyridine rings is 2. The summed E-state index contributed by atoms with van der Waals surface area (Å²) >= 11 is 5.96. The molecule has 4 heterocycles. The van der Waals surface area contributed by atoms with Gasteiger partial charge in [0.15, 0.2) is 5.11 Å². The first kappa shape index (κ1) is 25.8. The van der Waals surface area contributed by atoms with E-state index in [2.05, 4.69) is 77.8 Å². The Bertz CT molecular complexity index is 1660. The molecule has 1 fully saturated rings. The first-order chi connectivity index (χ1) is 19.4. The van der Waals surface area contributed by atoms with Gasteiger partial charge in [-0.3, -0.25) is 4.98 Å². The number of aromatic nitrogens is 3. The average Bonchev–Trinajstić information content (AvgIpc) is 3.45. The first-order valence-corrected chi connectivity index (χ1v) is 13.8. The number of hydrogen-bond donors (Lipinski definition) is 1. The number of ether oxygens (including phenoxy) is 1. The molecule has 1 aliphatic rings. The summed E-state index contributed by atoms with van der Waals surface area (Å²) in [6, 6.07) is 28.3. The second-order valence-corrected chi connectivity index (χ2v) is 10.6. The standard InChI is InChI=1S/C33H31N5OS/c1-21-8-12-26(13-9-21)39-27-14-10-25(11-15-27)38-32(31(36-33(38)40)29-7-5-6-17-34-29)28-20-23(3)37(24(28)4)30-19-22(2)16-18-35-30/h5-20,31-32H,1-4H3,(H,36,40)/t31-,32-/m1/s1. The van der Waals surface area contributed by atoms with Gasteiger partial charge in [0, 0.05) is 29.5 Å². The molecule has 7 heteroatoms. The highest BCUT2D eigenvalue weighted by molar-refractivity contribution is 7.80. The van der Waals surface area contributed by atoms with Crippen LogP contribution in [0.25, 0.3) is 5.82 Å². The zero-order chi connectivity index (χ0) is 27.8. The Morgan fingerprint density at radius 1 is 0.775 bits per heavy atom. The molecule has 2 atom stereocenters. The van der Waals surface area contributed by atoms with E-state index in [9.17, 15) is 0 Å². The van der Waals surface area contributed by atoms with Gasteiger partial charge in [-0.05, 0) is 118 Å². The number of benzene rings is 2. The van der Waals surface area contributed by atoms with Crippen molar-refractivity contribution in [1.29, 1.82) is 0 Å². The van der Waals surface area contributed by atoms with Crippen LogP contribution < -0.4 is 15.0 Å². The Morgan fingerprint density at radius 3 is 2.17 bits per heavy atom. The molecule has 6 nitrogen and oxygen atoms in total. The minimum absolute atomic E-state index is 0.115. The maximum atomic E-state index is 6.09. The van der Waals surface area contributed by atoms with Gasteiger partial charge in [-0.25, -0.2) is 4.98 Å². The fourth-order valence-corrected chi connectivity index (χ4v) is 5.79. The van der Waals surface area contributed by atoms with E-state index < -0.39 is 0 Å². The first-order valence-electron chi connectivity index (χ1n) is 13.4. The quantitative estimate of drug-likeness (QED) is 0.223. The van der Waals surface area contributed by atoms with Crippen molar-refractivity contribution in [3.05, 3.63) is 131 Å². The average molecular weight is 546 g/mol. The Morgan fingerprint density at radius 2 is 1.50 bits per heavy atom. The van der Waals surface area contributed by atoms with E-state index in [0.717, 1.165) is 40.1 Å². The van der Waals surface area contributed by atoms with E-state index in [-0.39, 0.29) is 12.1 Å². The zero-order valence-corrected chi connectivity index (χ0v) is 23.8. The van der Waals surface area contributed by atoms with Crippen LogP contribution >= 0.6 is 12.2 Å². The van der Waals surface area contributed by atoms with Crippen LogP contribution in [0.2, 0.25) is 0 Å². The van der Waals surface area contributed by atoms with Crippen molar-refractivity contribution < 1.29 is 4.74 Å². The van der Waals surface area contributed by atoms with Crippen LogP contribution in [0.5, 0.6) is 11.5 Å². The Hall–Kier alpha value is -4.49. The summed E-state index contributed by atoms with van der Waals surface area (Å²) in [6.07, 6.45) is 3.69. The maximum absolute atomic E-state index is 6.09. The van der Waals surface area contributed by atoms with E-state index in [1.807, 2.05) is 67.0 Å². The van der Waals surface area contributed by atoms with Crippen LogP contribution in [-0.2, 0) is 0 Å². The van der Waals surface area contributed by atoms with E-state index >= 15 is 0 Å². The molecule has 1 aliphatic heterocycles. The lowest BCUT2D eigenvalue weighted by atomic mass is 9.96. The third-order valence-electron chi connectivity index (χ3n) is 7.39. The molecule has 40 heavy (non-hydrogen) atoms. The zero-order valence-electron chi connectivity index (χ0n) is 23.0. The van der Waals surface area contributed by atoms with Crippen molar-refractivity contribution in [2.45, 2.75) is 39.8 Å². The molecule has 0 aliphatic carbocycles. The number of rotatable bonds is 6.